The summed E-state index contributed by atoms with van der Waals surface area (Å²) in [6.07, 6.45) is 3.73. The molecule has 3 rings (SSSR count). The van der Waals surface area contributed by atoms with Crippen LogP contribution in [0.1, 0.15) is 36.8 Å². The third kappa shape index (κ3) is 2.42. The smallest absolute Gasteiger partial charge is 0.195 e. The molecule has 1 heterocycles. The molecule has 1 aromatic rings. The van der Waals surface area contributed by atoms with E-state index >= 15 is 0 Å². The summed E-state index contributed by atoms with van der Waals surface area (Å²) in [6.45, 7) is 3.35. The summed E-state index contributed by atoms with van der Waals surface area (Å²) in [6, 6.07) is 8.05. The minimum Gasteiger partial charge on any atom is -0.195 e. The minimum atomic E-state index is -3.34. The molecule has 1 N–H and O–H groups in total. The Labute approximate surface area is 115 Å². The first kappa shape index (κ1) is 13.1. The van der Waals surface area contributed by atoms with Crippen molar-refractivity contribution in [2.75, 3.05) is 13.1 Å². The molecule has 19 heavy (non-hydrogen) atoms. The normalized spacial score (nSPS) is 22.6. The molecule has 2 aliphatic rings. The highest BCUT2D eigenvalue weighted by molar-refractivity contribution is 7.87. The highest BCUT2D eigenvalue weighted by Crippen LogP contribution is 2.47. The Bertz CT molecular complexity index is 573. The Morgan fingerprint density at radius 2 is 1.79 bits per heavy atom. The Morgan fingerprint density at radius 3 is 2.37 bits per heavy atom. The lowest BCUT2D eigenvalue weighted by molar-refractivity contribution is 0.449. The van der Waals surface area contributed by atoms with Crippen LogP contribution in [0, 0.1) is 6.92 Å². The molecule has 1 aliphatic carbocycles. The molecule has 1 aromatic carbocycles. The summed E-state index contributed by atoms with van der Waals surface area (Å²) in [5, 5.41) is 0. The van der Waals surface area contributed by atoms with Crippen LogP contribution in [0.5, 0.6) is 0 Å². The van der Waals surface area contributed by atoms with Gasteiger partial charge in [-0.15, -0.1) is 0 Å². The van der Waals surface area contributed by atoms with E-state index in [1.165, 1.54) is 0 Å². The van der Waals surface area contributed by atoms with Crippen LogP contribution in [0.2, 0.25) is 0 Å². The lowest BCUT2D eigenvalue weighted by atomic mass is 10.0. The molecule has 0 radical (unpaired) electrons. The third-order valence-corrected chi connectivity index (χ3v) is 5.83. The lowest BCUT2D eigenvalue weighted by Crippen LogP contribution is -2.44. The van der Waals surface area contributed by atoms with Crippen molar-refractivity contribution in [3.63, 3.8) is 0 Å². The average molecular weight is 280 g/mol. The Morgan fingerprint density at radius 1 is 1.16 bits per heavy atom. The number of hydrogen-bond acceptors (Lipinski definition) is 2. The highest BCUT2D eigenvalue weighted by atomic mass is 32.2. The van der Waals surface area contributed by atoms with E-state index in [9.17, 15) is 8.42 Å². The summed E-state index contributed by atoms with van der Waals surface area (Å²) in [5.41, 5.74) is 1.93. The third-order valence-electron chi connectivity index (χ3n) is 4.14. The van der Waals surface area contributed by atoms with Crippen molar-refractivity contribution < 1.29 is 8.42 Å². The highest BCUT2D eigenvalue weighted by Gasteiger charge is 2.49. The average Bonchev–Trinajstić information content (AvgIpc) is 2.93. The SMILES string of the molecule is Cc1ccccc1C1(NS(=O)(=O)N2CCCC2)CC1. The van der Waals surface area contributed by atoms with Crippen molar-refractivity contribution in [1.82, 2.24) is 9.03 Å². The maximum Gasteiger partial charge on any atom is 0.280 e. The van der Waals surface area contributed by atoms with Crippen LogP contribution in [0.3, 0.4) is 0 Å². The van der Waals surface area contributed by atoms with Gasteiger partial charge in [0.2, 0.25) is 0 Å². The van der Waals surface area contributed by atoms with E-state index in [1.807, 2.05) is 31.2 Å². The first-order valence-corrected chi connectivity index (χ1v) is 8.33. The second-order valence-electron chi connectivity index (χ2n) is 5.61. The summed E-state index contributed by atoms with van der Waals surface area (Å²) >= 11 is 0. The second kappa shape index (κ2) is 4.58. The fourth-order valence-corrected chi connectivity index (χ4v) is 4.58. The molecule has 0 aromatic heterocycles. The zero-order valence-corrected chi connectivity index (χ0v) is 12.0. The molecule has 0 spiro atoms. The van der Waals surface area contributed by atoms with Gasteiger partial charge in [-0.3, -0.25) is 0 Å². The molecule has 5 heteroatoms. The van der Waals surface area contributed by atoms with Gasteiger partial charge in [0.15, 0.2) is 0 Å². The Kier molecular flexibility index (Phi) is 3.15. The van der Waals surface area contributed by atoms with Gasteiger partial charge in [-0.25, -0.2) is 0 Å². The summed E-state index contributed by atoms with van der Waals surface area (Å²) in [5.74, 6) is 0. The molecule has 0 amide bonds. The zero-order valence-electron chi connectivity index (χ0n) is 11.2. The summed E-state index contributed by atoms with van der Waals surface area (Å²) in [4.78, 5) is 0. The number of benzene rings is 1. The molecular weight excluding hydrogens is 260 g/mol. The van der Waals surface area contributed by atoms with E-state index in [4.69, 9.17) is 0 Å². The van der Waals surface area contributed by atoms with E-state index in [-0.39, 0.29) is 5.54 Å². The number of nitrogens with one attached hydrogen (secondary N) is 1. The largest absolute Gasteiger partial charge is 0.280 e. The quantitative estimate of drug-likeness (QED) is 0.916. The molecule has 1 saturated heterocycles. The van der Waals surface area contributed by atoms with Gasteiger partial charge in [-0.05, 0) is 43.7 Å². The topological polar surface area (TPSA) is 49.4 Å². The fourth-order valence-electron chi connectivity index (χ4n) is 2.90. The van der Waals surface area contributed by atoms with Gasteiger partial charge in [-0.1, -0.05) is 24.3 Å². The van der Waals surface area contributed by atoms with Gasteiger partial charge in [-0.2, -0.15) is 17.4 Å². The van der Waals surface area contributed by atoms with Crippen molar-refractivity contribution in [1.29, 1.82) is 0 Å². The van der Waals surface area contributed by atoms with Crippen molar-refractivity contribution in [2.24, 2.45) is 0 Å². The van der Waals surface area contributed by atoms with Gasteiger partial charge in [0, 0.05) is 13.1 Å². The number of aryl methyl sites for hydroxylation is 1. The number of hydrogen-bond donors (Lipinski definition) is 1. The van der Waals surface area contributed by atoms with Gasteiger partial charge < -0.3 is 0 Å². The number of rotatable bonds is 4. The van der Waals surface area contributed by atoms with Crippen LogP contribution in [0.25, 0.3) is 0 Å². The van der Waals surface area contributed by atoms with Gasteiger partial charge in [0.05, 0.1) is 5.54 Å². The standard InChI is InChI=1S/C14H20N2O2S/c1-12-6-2-3-7-13(12)14(8-9-14)15-19(17,18)16-10-4-5-11-16/h2-3,6-7,15H,4-5,8-11H2,1H3. The molecule has 2 fully saturated rings. The molecule has 4 nitrogen and oxygen atoms in total. The van der Waals surface area contributed by atoms with E-state index in [0.29, 0.717) is 13.1 Å². The first-order chi connectivity index (χ1) is 9.04. The van der Waals surface area contributed by atoms with Crippen LogP contribution in [-0.2, 0) is 15.7 Å². The number of nitrogens with zero attached hydrogens (tertiary/aromatic N) is 1. The molecule has 104 valence electrons. The molecular formula is C14H20N2O2S. The first-order valence-electron chi connectivity index (χ1n) is 6.89. The van der Waals surface area contributed by atoms with E-state index in [0.717, 1.165) is 36.8 Å². The fraction of sp³-hybridized carbons (Fsp3) is 0.571. The van der Waals surface area contributed by atoms with E-state index < -0.39 is 10.2 Å². The molecule has 0 unspecified atom stereocenters. The predicted octanol–water partition coefficient (Wildman–Crippen LogP) is 1.91. The molecule has 0 bridgehead atoms. The minimum absolute atomic E-state index is 0.354. The van der Waals surface area contributed by atoms with Gasteiger partial charge in [0.25, 0.3) is 10.2 Å². The van der Waals surface area contributed by atoms with Crippen molar-refractivity contribution in [3.8, 4) is 0 Å². The Hall–Kier alpha value is -0.910. The zero-order chi connectivity index (χ0) is 13.5. The van der Waals surface area contributed by atoms with Crippen molar-refractivity contribution >= 4 is 10.2 Å². The molecule has 1 aliphatic heterocycles. The maximum atomic E-state index is 12.4. The summed E-state index contributed by atoms with van der Waals surface area (Å²) < 4.78 is 29.3. The van der Waals surface area contributed by atoms with Crippen LogP contribution in [0.4, 0.5) is 0 Å². The van der Waals surface area contributed by atoms with Crippen LogP contribution < -0.4 is 4.72 Å². The predicted molar refractivity (Wildman–Crippen MR) is 75.0 cm³/mol. The van der Waals surface area contributed by atoms with E-state index in [2.05, 4.69) is 4.72 Å². The van der Waals surface area contributed by atoms with Crippen LogP contribution >= 0.6 is 0 Å². The monoisotopic (exact) mass is 280 g/mol. The summed E-state index contributed by atoms with van der Waals surface area (Å²) in [7, 11) is -3.34. The van der Waals surface area contributed by atoms with Crippen molar-refractivity contribution in [3.05, 3.63) is 35.4 Å². The van der Waals surface area contributed by atoms with Crippen LogP contribution in [0.15, 0.2) is 24.3 Å². The van der Waals surface area contributed by atoms with Gasteiger partial charge >= 0.3 is 0 Å². The molecule has 0 atom stereocenters. The lowest BCUT2D eigenvalue weighted by Gasteiger charge is -2.24. The van der Waals surface area contributed by atoms with E-state index in [1.54, 1.807) is 4.31 Å². The Balaban J connectivity index is 1.85. The maximum absolute atomic E-state index is 12.4. The molecule has 1 saturated carbocycles. The van der Waals surface area contributed by atoms with Crippen molar-refractivity contribution in [2.45, 2.75) is 38.1 Å². The van der Waals surface area contributed by atoms with Crippen LogP contribution in [-0.4, -0.2) is 25.8 Å². The second-order valence-corrected chi connectivity index (χ2v) is 7.28. The van der Waals surface area contributed by atoms with Gasteiger partial charge in [0.1, 0.15) is 0 Å².